The third-order valence-electron chi connectivity index (χ3n) is 3.01. The molecule has 2 N–H and O–H groups in total. The molecule has 5 heteroatoms. The molecule has 2 amide bonds. The molecular weight excluding hydrogens is 259 g/mol. The molecule has 20 heavy (non-hydrogen) atoms. The lowest BCUT2D eigenvalue weighted by Gasteiger charge is -2.22. The van der Waals surface area contributed by atoms with Crippen LogP contribution in [0, 0.1) is 5.82 Å². The van der Waals surface area contributed by atoms with E-state index >= 15 is 0 Å². The minimum atomic E-state index is -0.477. The standard InChI is InChI=1S/C13H15FN2O2.C2H6/c1-2-8-3-4-9(7-10(8)14)15-11-5-6-12(17)16-13(11)18;1-2/h3-4,7,11,15H,2,5-6H2,1H3,(H,16,17,18);1-2H3. The van der Waals surface area contributed by atoms with Gasteiger partial charge in [0.1, 0.15) is 11.9 Å². The van der Waals surface area contributed by atoms with E-state index in [1.165, 1.54) is 6.07 Å². The lowest BCUT2D eigenvalue weighted by Crippen LogP contribution is -2.47. The Morgan fingerprint density at radius 3 is 2.60 bits per heavy atom. The zero-order valence-corrected chi connectivity index (χ0v) is 12.1. The van der Waals surface area contributed by atoms with Crippen molar-refractivity contribution in [3.8, 4) is 0 Å². The van der Waals surface area contributed by atoms with Gasteiger partial charge in [-0.2, -0.15) is 0 Å². The predicted molar refractivity (Wildman–Crippen MR) is 76.9 cm³/mol. The first kappa shape index (κ1) is 16.1. The molecular formula is C15H21FN2O2. The van der Waals surface area contributed by atoms with Gasteiger partial charge in [0.15, 0.2) is 0 Å². The number of piperidine rings is 1. The Labute approximate surface area is 118 Å². The van der Waals surface area contributed by atoms with Crippen molar-refractivity contribution < 1.29 is 14.0 Å². The van der Waals surface area contributed by atoms with Gasteiger partial charge in [-0.3, -0.25) is 14.9 Å². The molecule has 1 aromatic rings. The molecule has 1 aliphatic rings. The van der Waals surface area contributed by atoms with Crippen LogP contribution < -0.4 is 10.6 Å². The number of nitrogens with one attached hydrogen (secondary N) is 2. The van der Waals surface area contributed by atoms with E-state index < -0.39 is 6.04 Å². The SMILES string of the molecule is CC.CCc1ccc(NC2CCC(=O)NC2=O)cc1F. The highest BCUT2D eigenvalue weighted by atomic mass is 19.1. The van der Waals surface area contributed by atoms with Crippen LogP contribution >= 0.6 is 0 Å². The summed E-state index contributed by atoms with van der Waals surface area (Å²) in [6.07, 6.45) is 1.37. The molecule has 0 bridgehead atoms. The predicted octanol–water partition coefficient (Wildman–Crippen LogP) is 2.63. The van der Waals surface area contributed by atoms with Crippen molar-refractivity contribution in [1.29, 1.82) is 0 Å². The molecule has 1 saturated heterocycles. The van der Waals surface area contributed by atoms with Crippen LogP contribution in [-0.2, 0) is 16.0 Å². The monoisotopic (exact) mass is 280 g/mol. The summed E-state index contributed by atoms with van der Waals surface area (Å²) in [5.74, 6) is -0.897. The van der Waals surface area contributed by atoms with E-state index in [0.29, 0.717) is 30.5 Å². The van der Waals surface area contributed by atoms with Crippen LogP contribution in [0.25, 0.3) is 0 Å². The highest BCUT2D eigenvalue weighted by molar-refractivity contribution is 6.01. The minimum Gasteiger partial charge on any atom is -0.374 e. The number of halogens is 1. The molecule has 0 spiro atoms. The molecule has 2 rings (SSSR count). The van der Waals surface area contributed by atoms with Crippen LogP contribution in [0.5, 0.6) is 0 Å². The Balaban J connectivity index is 0.000000956. The van der Waals surface area contributed by atoms with Crippen molar-refractivity contribution in [3.05, 3.63) is 29.6 Å². The van der Waals surface area contributed by atoms with Crippen LogP contribution in [-0.4, -0.2) is 17.9 Å². The largest absolute Gasteiger partial charge is 0.374 e. The number of aryl methyl sites for hydroxylation is 1. The summed E-state index contributed by atoms with van der Waals surface area (Å²) in [5, 5.41) is 5.19. The Bertz CT molecular complexity index is 489. The van der Waals surface area contributed by atoms with Gasteiger partial charge in [-0.1, -0.05) is 26.8 Å². The van der Waals surface area contributed by atoms with Gasteiger partial charge in [0.05, 0.1) is 0 Å². The molecule has 0 aliphatic carbocycles. The molecule has 4 nitrogen and oxygen atoms in total. The fourth-order valence-corrected chi connectivity index (χ4v) is 1.96. The third-order valence-corrected chi connectivity index (χ3v) is 3.01. The molecule has 1 unspecified atom stereocenters. The molecule has 1 aromatic carbocycles. The van der Waals surface area contributed by atoms with Crippen molar-refractivity contribution in [3.63, 3.8) is 0 Å². The molecule has 110 valence electrons. The van der Waals surface area contributed by atoms with Crippen LogP contribution in [0.1, 0.15) is 39.2 Å². The van der Waals surface area contributed by atoms with Gasteiger partial charge in [0.2, 0.25) is 11.8 Å². The fraction of sp³-hybridized carbons (Fsp3) is 0.467. The quantitative estimate of drug-likeness (QED) is 0.837. The summed E-state index contributed by atoms with van der Waals surface area (Å²) in [4.78, 5) is 22.5. The topological polar surface area (TPSA) is 58.2 Å². The van der Waals surface area contributed by atoms with Crippen molar-refractivity contribution in [2.45, 2.75) is 46.1 Å². The fourth-order valence-electron chi connectivity index (χ4n) is 1.96. The molecule has 1 fully saturated rings. The van der Waals surface area contributed by atoms with Crippen LogP contribution in [0.3, 0.4) is 0 Å². The van der Waals surface area contributed by atoms with Gasteiger partial charge in [-0.05, 0) is 30.5 Å². The van der Waals surface area contributed by atoms with E-state index in [-0.39, 0.29) is 17.6 Å². The molecule has 0 saturated carbocycles. The highest BCUT2D eigenvalue weighted by Crippen LogP contribution is 2.18. The van der Waals surface area contributed by atoms with Gasteiger partial charge >= 0.3 is 0 Å². The molecule has 0 radical (unpaired) electrons. The summed E-state index contributed by atoms with van der Waals surface area (Å²) in [7, 11) is 0. The lowest BCUT2D eigenvalue weighted by molar-refractivity contribution is -0.133. The first-order valence-electron chi connectivity index (χ1n) is 6.99. The first-order valence-corrected chi connectivity index (χ1v) is 6.99. The Morgan fingerprint density at radius 2 is 2.05 bits per heavy atom. The molecule has 0 aromatic heterocycles. The highest BCUT2D eigenvalue weighted by Gasteiger charge is 2.26. The number of hydrogen-bond donors (Lipinski definition) is 2. The van der Waals surface area contributed by atoms with Crippen molar-refractivity contribution in [1.82, 2.24) is 5.32 Å². The summed E-state index contributed by atoms with van der Waals surface area (Å²) in [5.41, 5.74) is 1.20. The number of hydrogen-bond acceptors (Lipinski definition) is 3. The number of benzene rings is 1. The summed E-state index contributed by atoms with van der Waals surface area (Å²) < 4.78 is 13.6. The van der Waals surface area contributed by atoms with E-state index in [1.807, 2.05) is 20.8 Å². The maximum Gasteiger partial charge on any atom is 0.249 e. The Morgan fingerprint density at radius 1 is 1.35 bits per heavy atom. The molecule has 1 atom stereocenters. The van der Waals surface area contributed by atoms with Crippen LogP contribution in [0.2, 0.25) is 0 Å². The first-order chi connectivity index (χ1) is 9.60. The minimum absolute atomic E-state index is 0.259. The summed E-state index contributed by atoms with van der Waals surface area (Å²) >= 11 is 0. The number of imide groups is 1. The van der Waals surface area contributed by atoms with E-state index in [9.17, 15) is 14.0 Å². The Kier molecular flexibility index (Phi) is 6.15. The second-order valence-corrected chi connectivity index (χ2v) is 4.31. The van der Waals surface area contributed by atoms with E-state index in [2.05, 4.69) is 10.6 Å². The Hall–Kier alpha value is -1.91. The smallest absolute Gasteiger partial charge is 0.249 e. The number of carbonyl (C=O) groups is 2. The second-order valence-electron chi connectivity index (χ2n) is 4.31. The van der Waals surface area contributed by atoms with E-state index in [1.54, 1.807) is 12.1 Å². The van der Waals surface area contributed by atoms with Crippen molar-refractivity contribution >= 4 is 17.5 Å². The second kappa shape index (κ2) is 7.62. The van der Waals surface area contributed by atoms with Gasteiger partial charge in [0.25, 0.3) is 0 Å². The van der Waals surface area contributed by atoms with E-state index in [4.69, 9.17) is 0 Å². The maximum absolute atomic E-state index is 13.6. The number of carbonyl (C=O) groups excluding carboxylic acids is 2. The van der Waals surface area contributed by atoms with E-state index in [0.717, 1.165) is 0 Å². The normalized spacial score (nSPS) is 17.9. The van der Waals surface area contributed by atoms with Crippen LogP contribution in [0.15, 0.2) is 18.2 Å². The van der Waals surface area contributed by atoms with Crippen molar-refractivity contribution in [2.75, 3.05) is 5.32 Å². The maximum atomic E-state index is 13.6. The lowest BCUT2D eigenvalue weighted by atomic mass is 10.1. The zero-order chi connectivity index (χ0) is 15.1. The zero-order valence-electron chi connectivity index (χ0n) is 12.1. The van der Waals surface area contributed by atoms with Gasteiger partial charge in [-0.25, -0.2) is 4.39 Å². The van der Waals surface area contributed by atoms with Gasteiger partial charge < -0.3 is 5.32 Å². The average Bonchev–Trinajstić information content (AvgIpc) is 2.44. The molecule has 1 aliphatic heterocycles. The van der Waals surface area contributed by atoms with Crippen molar-refractivity contribution in [2.24, 2.45) is 0 Å². The number of amides is 2. The van der Waals surface area contributed by atoms with Crippen LogP contribution in [0.4, 0.5) is 10.1 Å². The van der Waals surface area contributed by atoms with Gasteiger partial charge in [0, 0.05) is 12.1 Å². The van der Waals surface area contributed by atoms with Gasteiger partial charge in [-0.15, -0.1) is 0 Å². The number of anilines is 1. The summed E-state index contributed by atoms with van der Waals surface area (Å²) in [6.45, 7) is 5.88. The average molecular weight is 280 g/mol. The third kappa shape index (κ3) is 4.05. The summed E-state index contributed by atoms with van der Waals surface area (Å²) in [6, 6.07) is 4.34. The number of rotatable bonds is 3. The molecule has 1 heterocycles.